The van der Waals surface area contributed by atoms with Gasteiger partial charge >= 0.3 is 0 Å². The smallest absolute Gasteiger partial charge is 0.0688 e. The quantitative estimate of drug-likeness (QED) is 0.412. The minimum absolute atomic E-state index is 0.372. The van der Waals surface area contributed by atoms with E-state index in [-0.39, 0.29) is 5.41 Å². The van der Waals surface area contributed by atoms with Gasteiger partial charge in [-0.3, -0.25) is 0 Å². The van der Waals surface area contributed by atoms with E-state index in [2.05, 4.69) is 10.3 Å². The summed E-state index contributed by atoms with van der Waals surface area (Å²) in [5, 5.41) is 23.5. The fraction of sp³-hybridized carbons (Fsp3) is 0.714. The Hall–Kier alpha value is -1.06. The van der Waals surface area contributed by atoms with Crippen molar-refractivity contribution < 1.29 is 10.4 Å². The Kier molecular flexibility index (Phi) is 1.85. The number of oxime groups is 2. The van der Waals surface area contributed by atoms with Crippen LogP contribution in [0.2, 0.25) is 0 Å². The second kappa shape index (κ2) is 2.53. The van der Waals surface area contributed by atoms with Gasteiger partial charge in [0, 0.05) is 5.41 Å². The Morgan fingerprint density at radius 2 is 1.45 bits per heavy atom. The average Bonchev–Trinajstić information content (AvgIpc) is 2.24. The molecule has 4 nitrogen and oxygen atoms in total. The number of rotatable bonds is 0. The minimum Gasteiger partial charge on any atom is -0.411 e. The molecule has 0 atom stereocenters. The SMILES string of the molecule is CC1(C)C(=NO)CCC1=NO. The molecular formula is C7H12N2O2. The lowest BCUT2D eigenvalue weighted by Crippen LogP contribution is -2.25. The summed E-state index contributed by atoms with van der Waals surface area (Å²) in [6.07, 6.45) is 1.37. The minimum atomic E-state index is -0.372. The van der Waals surface area contributed by atoms with Crippen LogP contribution in [0, 0.1) is 5.41 Å². The van der Waals surface area contributed by atoms with E-state index in [0.717, 1.165) is 0 Å². The van der Waals surface area contributed by atoms with Crippen LogP contribution in [0.25, 0.3) is 0 Å². The van der Waals surface area contributed by atoms with Crippen molar-refractivity contribution in [2.24, 2.45) is 15.7 Å². The van der Waals surface area contributed by atoms with Crippen LogP contribution >= 0.6 is 0 Å². The van der Waals surface area contributed by atoms with E-state index in [1.54, 1.807) is 0 Å². The van der Waals surface area contributed by atoms with Gasteiger partial charge in [0.05, 0.1) is 11.4 Å². The van der Waals surface area contributed by atoms with Crippen molar-refractivity contribution in [2.45, 2.75) is 26.7 Å². The summed E-state index contributed by atoms with van der Waals surface area (Å²) in [5.74, 6) is 0. The van der Waals surface area contributed by atoms with Gasteiger partial charge in [0.1, 0.15) is 0 Å². The summed E-state index contributed by atoms with van der Waals surface area (Å²) in [6, 6.07) is 0. The molecule has 11 heavy (non-hydrogen) atoms. The fourth-order valence-electron chi connectivity index (χ4n) is 1.38. The lowest BCUT2D eigenvalue weighted by Gasteiger charge is -2.16. The molecule has 1 aliphatic carbocycles. The maximum absolute atomic E-state index is 8.57. The van der Waals surface area contributed by atoms with Crippen LogP contribution in [0.4, 0.5) is 0 Å². The zero-order valence-electron chi connectivity index (χ0n) is 6.70. The standard InChI is InChI=1S/C7H12N2O2/c1-7(2)5(8-10)3-4-6(7)9-11/h10-11H,3-4H2,1-2H3. The maximum Gasteiger partial charge on any atom is 0.0688 e. The molecule has 1 fully saturated rings. The van der Waals surface area contributed by atoms with Crippen LogP contribution in [0.5, 0.6) is 0 Å². The van der Waals surface area contributed by atoms with Gasteiger partial charge in [-0.05, 0) is 26.7 Å². The third kappa shape index (κ3) is 1.08. The summed E-state index contributed by atoms with van der Waals surface area (Å²) < 4.78 is 0. The van der Waals surface area contributed by atoms with Crippen molar-refractivity contribution in [1.29, 1.82) is 0 Å². The molecule has 0 saturated heterocycles. The van der Waals surface area contributed by atoms with Crippen molar-refractivity contribution in [2.75, 3.05) is 0 Å². The highest BCUT2D eigenvalue weighted by Crippen LogP contribution is 2.31. The number of hydrogen-bond acceptors (Lipinski definition) is 4. The predicted octanol–water partition coefficient (Wildman–Crippen LogP) is 1.47. The summed E-state index contributed by atoms with van der Waals surface area (Å²) in [7, 11) is 0. The Morgan fingerprint density at radius 1 is 1.09 bits per heavy atom. The molecule has 1 rings (SSSR count). The van der Waals surface area contributed by atoms with E-state index in [1.165, 1.54) is 0 Å². The van der Waals surface area contributed by atoms with Gasteiger partial charge < -0.3 is 10.4 Å². The molecule has 2 N–H and O–H groups in total. The molecule has 0 aromatic rings. The molecular weight excluding hydrogens is 144 g/mol. The first-order valence-corrected chi connectivity index (χ1v) is 3.55. The van der Waals surface area contributed by atoms with Crippen molar-refractivity contribution in [3.8, 4) is 0 Å². The normalized spacial score (nSPS) is 30.0. The zero-order chi connectivity index (χ0) is 8.48. The summed E-state index contributed by atoms with van der Waals surface area (Å²) in [5.41, 5.74) is 0.999. The Morgan fingerprint density at radius 3 is 1.64 bits per heavy atom. The molecule has 0 aliphatic heterocycles. The molecule has 0 heterocycles. The van der Waals surface area contributed by atoms with Crippen LogP contribution in [-0.4, -0.2) is 21.8 Å². The van der Waals surface area contributed by atoms with Gasteiger partial charge in [-0.15, -0.1) is 0 Å². The third-order valence-electron chi connectivity index (χ3n) is 2.28. The highest BCUT2D eigenvalue weighted by atomic mass is 16.4. The van der Waals surface area contributed by atoms with Crippen LogP contribution in [0.3, 0.4) is 0 Å². The Balaban J connectivity index is 2.99. The second-order valence-electron chi connectivity index (χ2n) is 3.22. The molecule has 0 spiro atoms. The van der Waals surface area contributed by atoms with Gasteiger partial charge in [0.2, 0.25) is 0 Å². The predicted molar refractivity (Wildman–Crippen MR) is 41.5 cm³/mol. The molecule has 4 heteroatoms. The van der Waals surface area contributed by atoms with Crippen LogP contribution in [0.1, 0.15) is 26.7 Å². The molecule has 1 aliphatic rings. The average molecular weight is 156 g/mol. The molecule has 1 saturated carbocycles. The lowest BCUT2D eigenvalue weighted by molar-refractivity contribution is 0.308. The van der Waals surface area contributed by atoms with Crippen molar-refractivity contribution >= 4 is 11.4 Å². The van der Waals surface area contributed by atoms with Gasteiger partial charge in [-0.25, -0.2) is 0 Å². The lowest BCUT2D eigenvalue weighted by atomic mass is 9.88. The molecule has 0 bridgehead atoms. The highest BCUT2D eigenvalue weighted by molar-refractivity contribution is 6.16. The number of hydrogen-bond donors (Lipinski definition) is 2. The zero-order valence-corrected chi connectivity index (χ0v) is 6.70. The van der Waals surface area contributed by atoms with Gasteiger partial charge in [-0.1, -0.05) is 10.3 Å². The molecule has 0 radical (unpaired) electrons. The molecule has 0 aromatic heterocycles. The summed E-state index contributed by atoms with van der Waals surface area (Å²) in [4.78, 5) is 0. The van der Waals surface area contributed by atoms with Crippen molar-refractivity contribution in [3.05, 3.63) is 0 Å². The van der Waals surface area contributed by atoms with Gasteiger partial charge in [0.15, 0.2) is 0 Å². The van der Waals surface area contributed by atoms with Crippen molar-refractivity contribution in [1.82, 2.24) is 0 Å². The monoisotopic (exact) mass is 156 g/mol. The van der Waals surface area contributed by atoms with Crippen molar-refractivity contribution in [3.63, 3.8) is 0 Å². The van der Waals surface area contributed by atoms with E-state index in [9.17, 15) is 0 Å². The largest absolute Gasteiger partial charge is 0.411 e. The van der Waals surface area contributed by atoms with E-state index < -0.39 is 0 Å². The molecule has 0 unspecified atom stereocenters. The molecule has 0 amide bonds. The van der Waals surface area contributed by atoms with Crippen LogP contribution in [0.15, 0.2) is 10.3 Å². The number of nitrogens with zero attached hydrogens (tertiary/aromatic N) is 2. The Bertz CT molecular complexity index is 196. The third-order valence-corrected chi connectivity index (χ3v) is 2.28. The second-order valence-corrected chi connectivity index (χ2v) is 3.22. The highest BCUT2D eigenvalue weighted by Gasteiger charge is 2.38. The van der Waals surface area contributed by atoms with Crippen LogP contribution < -0.4 is 0 Å². The first kappa shape index (κ1) is 8.04. The first-order valence-electron chi connectivity index (χ1n) is 3.55. The maximum atomic E-state index is 8.57. The van der Waals surface area contributed by atoms with E-state index >= 15 is 0 Å². The van der Waals surface area contributed by atoms with E-state index in [0.29, 0.717) is 24.3 Å². The van der Waals surface area contributed by atoms with Crippen LogP contribution in [-0.2, 0) is 0 Å². The molecule has 62 valence electrons. The Labute approximate surface area is 65.2 Å². The van der Waals surface area contributed by atoms with Gasteiger partial charge in [0.25, 0.3) is 0 Å². The first-order chi connectivity index (χ1) is 5.12. The topological polar surface area (TPSA) is 65.2 Å². The van der Waals surface area contributed by atoms with E-state index in [4.69, 9.17) is 10.4 Å². The van der Waals surface area contributed by atoms with Gasteiger partial charge in [-0.2, -0.15) is 0 Å². The molecule has 0 aromatic carbocycles. The fourth-order valence-corrected chi connectivity index (χ4v) is 1.38. The van der Waals surface area contributed by atoms with E-state index in [1.807, 2.05) is 13.8 Å². The summed E-state index contributed by atoms with van der Waals surface area (Å²) >= 11 is 0. The summed E-state index contributed by atoms with van der Waals surface area (Å²) in [6.45, 7) is 3.76.